The summed E-state index contributed by atoms with van der Waals surface area (Å²) >= 11 is 4.01. The average molecular weight is 254 g/mol. The third-order valence-corrected chi connectivity index (χ3v) is 2.94. The molecule has 3 nitrogen and oxygen atoms in total. The van der Waals surface area contributed by atoms with E-state index in [1.807, 2.05) is 6.92 Å². The summed E-state index contributed by atoms with van der Waals surface area (Å²) < 4.78 is 0. The number of carbonyl (C=O) groups excluding carboxylic acids is 1. The second kappa shape index (κ2) is 6.79. The van der Waals surface area contributed by atoms with Gasteiger partial charge in [-0.15, -0.1) is 0 Å². The fraction of sp³-hybridized carbons (Fsp3) is 0.462. The van der Waals surface area contributed by atoms with Crippen LogP contribution in [-0.4, -0.2) is 27.9 Å². The molecule has 0 amide bonds. The molecule has 0 saturated heterocycles. The summed E-state index contributed by atoms with van der Waals surface area (Å²) in [6.07, 6.45) is -0.849. The number of aliphatic hydroxyl groups excluding tert-OH is 2. The lowest BCUT2D eigenvalue weighted by Gasteiger charge is -2.17. The molecule has 17 heavy (non-hydrogen) atoms. The van der Waals surface area contributed by atoms with E-state index in [0.717, 1.165) is 0 Å². The van der Waals surface area contributed by atoms with Gasteiger partial charge in [0.15, 0.2) is 5.78 Å². The third-order valence-electron chi connectivity index (χ3n) is 2.68. The van der Waals surface area contributed by atoms with Gasteiger partial charge in [-0.2, -0.15) is 12.6 Å². The smallest absolute Gasteiger partial charge is 0.162 e. The van der Waals surface area contributed by atoms with Crippen LogP contribution in [-0.2, 0) is 0 Å². The topological polar surface area (TPSA) is 57.5 Å². The zero-order valence-electron chi connectivity index (χ0n) is 9.84. The number of benzene rings is 1. The van der Waals surface area contributed by atoms with E-state index in [0.29, 0.717) is 29.7 Å². The highest BCUT2D eigenvalue weighted by Crippen LogP contribution is 2.20. The van der Waals surface area contributed by atoms with E-state index in [1.54, 1.807) is 24.3 Å². The molecule has 2 unspecified atom stereocenters. The maximum absolute atomic E-state index is 11.4. The molecule has 0 aliphatic carbocycles. The van der Waals surface area contributed by atoms with Gasteiger partial charge in [0, 0.05) is 12.0 Å². The number of Topliss-reactive ketones (excluding diaryl/α,β-unsaturated/α-hetero) is 1. The van der Waals surface area contributed by atoms with Crippen molar-refractivity contribution in [3.8, 4) is 0 Å². The fourth-order valence-corrected chi connectivity index (χ4v) is 1.85. The molecule has 1 rings (SSSR count). The Hall–Kier alpha value is -0.840. The van der Waals surface area contributed by atoms with Gasteiger partial charge in [0.1, 0.15) is 6.10 Å². The predicted molar refractivity (Wildman–Crippen MR) is 70.5 cm³/mol. The number of aliphatic hydroxyl groups is 2. The van der Waals surface area contributed by atoms with Crippen LogP contribution in [0.5, 0.6) is 0 Å². The second-order valence-corrected chi connectivity index (χ2v) is 4.37. The molecule has 4 heteroatoms. The van der Waals surface area contributed by atoms with E-state index in [2.05, 4.69) is 12.6 Å². The van der Waals surface area contributed by atoms with Gasteiger partial charge in [0.2, 0.25) is 0 Å². The predicted octanol–water partition coefficient (Wildman–Crippen LogP) is 1.99. The van der Waals surface area contributed by atoms with Crippen LogP contribution in [0.15, 0.2) is 24.3 Å². The normalized spacial score (nSPS) is 14.4. The standard InChI is InChI=1S/C13H18O3S/c1-2-11(14)9-3-5-10(6-4-9)13(16)12(15)7-8-17/h3-6,12-13,15-17H,2,7-8H2,1H3. The lowest BCUT2D eigenvalue weighted by Crippen LogP contribution is -2.18. The second-order valence-electron chi connectivity index (χ2n) is 3.92. The molecular weight excluding hydrogens is 236 g/mol. The van der Waals surface area contributed by atoms with E-state index in [4.69, 9.17) is 0 Å². The number of hydrogen-bond acceptors (Lipinski definition) is 4. The molecule has 0 heterocycles. The molecule has 2 atom stereocenters. The van der Waals surface area contributed by atoms with E-state index < -0.39 is 12.2 Å². The van der Waals surface area contributed by atoms with Gasteiger partial charge in [-0.25, -0.2) is 0 Å². The highest BCUT2D eigenvalue weighted by atomic mass is 32.1. The summed E-state index contributed by atoms with van der Waals surface area (Å²) in [5, 5.41) is 19.5. The Kier molecular flexibility index (Phi) is 5.68. The lowest BCUT2D eigenvalue weighted by molar-refractivity contribution is 0.0172. The van der Waals surface area contributed by atoms with Crippen LogP contribution in [0.2, 0.25) is 0 Å². The van der Waals surface area contributed by atoms with Crippen LogP contribution in [0.1, 0.15) is 41.8 Å². The first-order chi connectivity index (χ1) is 8.10. The van der Waals surface area contributed by atoms with Crippen LogP contribution in [0.3, 0.4) is 0 Å². The highest BCUT2D eigenvalue weighted by Gasteiger charge is 2.17. The van der Waals surface area contributed by atoms with Gasteiger partial charge in [-0.1, -0.05) is 31.2 Å². The zero-order chi connectivity index (χ0) is 12.8. The maximum atomic E-state index is 11.4. The first-order valence-electron chi connectivity index (χ1n) is 5.70. The molecule has 0 aliphatic rings. The van der Waals surface area contributed by atoms with E-state index in [9.17, 15) is 15.0 Å². The van der Waals surface area contributed by atoms with Gasteiger partial charge < -0.3 is 10.2 Å². The number of ketones is 1. The van der Waals surface area contributed by atoms with Crippen molar-refractivity contribution in [1.29, 1.82) is 0 Å². The van der Waals surface area contributed by atoms with Gasteiger partial charge >= 0.3 is 0 Å². The van der Waals surface area contributed by atoms with Crippen molar-refractivity contribution < 1.29 is 15.0 Å². The maximum Gasteiger partial charge on any atom is 0.162 e. The number of carbonyl (C=O) groups is 1. The van der Waals surface area contributed by atoms with Crippen LogP contribution >= 0.6 is 12.6 Å². The van der Waals surface area contributed by atoms with Crippen LogP contribution in [0.4, 0.5) is 0 Å². The molecule has 0 bridgehead atoms. The fourth-order valence-electron chi connectivity index (χ4n) is 1.58. The van der Waals surface area contributed by atoms with Gasteiger partial charge in [0.25, 0.3) is 0 Å². The molecule has 0 aliphatic heterocycles. The molecule has 0 saturated carbocycles. The average Bonchev–Trinajstić information content (AvgIpc) is 2.37. The Balaban J connectivity index is 2.76. The van der Waals surface area contributed by atoms with Crippen molar-refractivity contribution in [2.75, 3.05) is 5.75 Å². The van der Waals surface area contributed by atoms with Crippen molar-refractivity contribution in [1.82, 2.24) is 0 Å². The summed E-state index contributed by atoms with van der Waals surface area (Å²) in [4.78, 5) is 11.4. The first-order valence-corrected chi connectivity index (χ1v) is 6.33. The molecule has 0 radical (unpaired) electrons. The third kappa shape index (κ3) is 3.84. The summed E-state index contributed by atoms with van der Waals surface area (Å²) in [5.74, 6) is 0.590. The molecule has 1 aromatic carbocycles. The Morgan fingerprint density at radius 1 is 1.29 bits per heavy atom. The van der Waals surface area contributed by atoms with Crippen molar-refractivity contribution >= 4 is 18.4 Å². The Bertz CT molecular complexity index is 361. The largest absolute Gasteiger partial charge is 0.390 e. The molecule has 0 fully saturated rings. The Morgan fingerprint density at radius 3 is 2.35 bits per heavy atom. The van der Waals surface area contributed by atoms with E-state index in [-0.39, 0.29) is 5.78 Å². The summed E-state index contributed by atoms with van der Waals surface area (Å²) in [5.41, 5.74) is 1.25. The molecule has 1 aromatic rings. The molecule has 0 spiro atoms. The van der Waals surface area contributed by atoms with Crippen molar-refractivity contribution in [3.63, 3.8) is 0 Å². The van der Waals surface area contributed by atoms with E-state index in [1.165, 1.54) is 0 Å². The van der Waals surface area contributed by atoms with Crippen molar-refractivity contribution in [2.45, 2.75) is 32.0 Å². The molecular formula is C13H18O3S. The number of rotatable bonds is 6. The Morgan fingerprint density at radius 2 is 1.88 bits per heavy atom. The lowest BCUT2D eigenvalue weighted by atomic mass is 10.00. The quantitative estimate of drug-likeness (QED) is 0.537. The van der Waals surface area contributed by atoms with E-state index >= 15 is 0 Å². The summed E-state index contributed by atoms with van der Waals surface area (Å²) in [6.45, 7) is 1.81. The first kappa shape index (κ1) is 14.2. The summed E-state index contributed by atoms with van der Waals surface area (Å²) in [7, 11) is 0. The molecule has 2 N–H and O–H groups in total. The van der Waals surface area contributed by atoms with Gasteiger partial charge in [-0.3, -0.25) is 4.79 Å². The van der Waals surface area contributed by atoms with Crippen LogP contribution < -0.4 is 0 Å². The van der Waals surface area contributed by atoms with Gasteiger partial charge in [0.05, 0.1) is 6.10 Å². The van der Waals surface area contributed by atoms with Crippen LogP contribution in [0, 0.1) is 0 Å². The Labute approximate surface area is 107 Å². The van der Waals surface area contributed by atoms with Crippen molar-refractivity contribution in [2.24, 2.45) is 0 Å². The monoisotopic (exact) mass is 254 g/mol. The molecule has 94 valence electrons. The van der Waals surface area contributed by atoms with Gasteiger partial charge in [-0.05, 0) is 17.7 Å². The SMILES string of the molecule is CCC(=O)c1ccc(C(O)C(O)CCS)cc1. The van der Waals surface area contributed by atoms with Crippen molar-refractivity contribution in [3.05, 3.63) is 35.4 Å². The number of hydrogen-bond donors (Lipinski definition) is 3. The minimum atomic E-state index is -0.923. The summed E-state index contributed by atoms with van der Waals surface area (Å²) in [6, 6.07) is 6.71. The number of thiol groups is 1. The zero-order valence-corrected chi connectivity index (χ0v) is 10.7. The minimum Gasteiger partial charge on any atom is -0.390 e. The van der Waals surface area contributed by atoms with Crippen LogP contribution in [0.25, 0.3) is 0 Å². The minimum absolute atomic E-state index is 0.0712. The highest BCUT2D eigenvalue weighted by molar-refractivity contribution is 7.80. The molecule has 0 aromatic heterocycles.